The van der Waals surface area contributed by atoms with Crippen LogP contribution in [0.1, 0.15) is 44.9 Å². The van der Waals surface area contributed by atoms with Crippen LogP contribution in [-0.4, -0.2) is 98.1 Å². The Hall–Kier alpha value is -0.160. The van der Waals surface area contributed by atoms with E-state index in [0.717, 1.165) is 0 Å². The topological polar surface area (TPSA) is 13.0 Å². The van der Waals surface area contributed by atoms with Gasteiger partial charge in [0.25, 0.3) is 0 Å². The minimum Gasteiger partial charge on any atom is -0.302 e. The van der Waals surface area contributed by atoms with Gasteiger partial charge in [-0.15, -0.1) is 0 Å². The maximum atomic E-state index is 2.72. The summed E-state index contributed by atoms with van der Waals surface area (Å²) < 4.78 is 0. The fourth-order valence-corrected chi connectivity index (χ4v) is 4.40. The van der Waals surface area contributed by atoms with Crippen LogP contribution in [0.2, 0.25) is 0 Å². The summed E-state index contributed by atoms with van der Waals surface area (Å²) in [4.78, 5) is 10.8. The molecular formula is C19H38N4. The van der Waals surface area contributed by atoms with Gasteiger partial charge in [0, 0.05) is 39.3 Å². The molecule has 0 spiro atoms. The van der Waals surface area contributed by atoms with Gasteiger partial charge >= 0.3 is 0 Å². The summed E-state index contributed by atoms with van der Waals surface area (Å²) in [5.74, 6) is 0. The van der Waals surface area contributed by atoms with Gasteiger partial charge in [0.05, 0.1) is 0 Å². The summed E-state index contributed by atoms with van der Waals surface area (Å²) in [6.07, 6.45) is 9.95. The normalized spacial score (nSPS) is 27.1. The lowest BCUT2D eigenvalue weighted by Gasteiger charge is -2.30. The first-order chi connectivity index (χ1) is 11.4. The molecule has 0 radical (unpaired) electrons. The van der Waals surface area contributed by atoms with E-state index in [1.807, 2.05) is 0 Å². The Kier molecular flexibility index (Phi) is 7.66. The van der Waals surface area contributed by atoms with Crippen LogP contribution < -0.4 is 0 Å². The lowest BCUT2D eigenvalue weighted by molar-refractivity contribution is 0.172. The first-order valence-electron chi connectivity index (χ1n) is 10.3. The number of rotatable bonds is 6. The third-order valence-electron chi connectivity index (χ3n) is 6.04. The second kappa shape index (κ2) is 9.97. The molecule has 3 rings (SSSR count). The Morgan fingerprint density at radius 1 is 0.304 bits per heavy atom. The van der Waals surface area contributed by atoms with Crippen molar-refractivity contribution in [2.24, 2.45) is 0 Å². The van der Waals surface area contributed by atoms with Crippen LogP contribution in [0, 0.1) is 0 Å². The quantitative estimate of drug-likeness (QED) is 0.741. The van der Waals surface area contributed by atoms with Gasteiger partial charge in [0.2, 0.25) is 0 Å². The van der Waals surface area contributed by atoms with E-state index in [4.69, 9.17) is 0 Å². The third kappa shape index (κ3) is 6.33. The second-order valence-electron chi connectivity index (χ2n) is 7.84. The zero-order chi connectivity index (χ0) is 15.7. The van der Waals surface area contributed by atoms with Gasteiger partial charge in [-0.05, 0) is 71.4 Å². The fourth-order valence-electron chi connectivity index (χ4n) is 4.40. The van der Waals surface area contributed by atoms with Crippen molar-refractivity contribution in [3.63, 3.8) is 0 Å². The molecule has 0 amide bonds. The van der Waals surface area contributed by atoms with Crippen LogP contribution in [0.25, 0.3) is 0 Å². The largest absolute Gasteiger partial charge is 0.302 e. The Morgan fingerprint density at radius 2 is 0.609 bits per heavy atom. The van der Waals surface area contributed by atoms with Crippen LogP contribution >= 0.6 is 0 Å². The van der Waals surface area contributed by atoms with Crippen molar-refractivity contribution in [3.05, 3.63) is 0 Å². The van der Waals surface area contributed by atoms with Gasteiger partial charge in [0.1, 0.15) is 0 Å². The molecule has 0 unspecified atom stereocenters. The van der Waals surface area contributed by atoms with E-state index in [1.54, 1.807) is 0 Å². The van der Waals surface area contributed by atoms with E-state index in [2.05, 4.69) is 19.6 Å². The van der Waals surface area contributed by atoms with Crippen molar-refractivity contribution in [2.75, 3.05) is 78.5 Å². The molecule has 4 nitrogen and oxygen atoms in total. The average Bonchev–Trinajstić information content (AvgIpc) is 2.85. The van der Waals surface area contributed by atoms with Gasteiger partial charge in [-0.2, -0.15) is 0 Å². The highest BCUT2D eigenvalue weighted by atomic mass is 15.3. The predicted molar refractivity (Wildman–Crippen MR) is 98.1 cm³/mol. The summed E-state index contributed by atoms with van der Waals surface area (Å²) in [7, 11) is 0. The highest BCUT2D eigenvalue weighted by Gasteiger charge is 2.17. The molecule has 0 aromatic heterocycles. The minimum atomic E-state index is 1.29. The minimum absolute atomic E-state index is 1.29. The Labute approximate surface area is 143 Å². The van der Waals surface area contributed by atoms with E-state index >= 15 is 0 Å². The van der Waals surface area contributed by atoms with Gasteiger partial charge in [0.15, 0.2) is 0 Å². The molecule has 3 aliphatic rings. The number of likely N-dealkylation sites (tertiary alicyclic amines) is 2. The van der Waals surface area contributed by atoms with Gasteiger partial charge in [-0.3, -0.25) is 0 Å². The smallest absolute Gasteiger partial charge is 0.0110 e. The summed E-state index contributed by atoms with van der Waals surface area (Å²) >= 11 is 0. The molecule has 0 aromatic carbocycles. The second-order valence-corrected chi connectivity index (χ2v) is 7.84. The van der Waals surface area contributed by atoms with Crippen molar-refractivity contribution in [2.45, 2.75) is 44.9 Å². The molecule has 0 aromatic rings. The molecule has 0 atom stereocenters. The van der Waals surface area contributed by atoms with Crippen LogP contribution in [0.15, 0.2) is 0 Å². The standard InChI is InChI=1S/C19H38N4/c1-3-8-20(9-4-1)14-16-22-12-7-13-23(19-18-22)17-15-21-10-5-2-6-11-21/h1-19H2. The Bertz CT molecular complexity index is 280. The molecule has 23 heavy (non-hydrogen) atoms. The molecule has 0 aliphatic carbocycles. The highest BCUT2D eigenvalue weighted by Crippen LogP contribution is 2.11. The molecule has 0 N–H and O–H groups in total. The van der Waals surface area contributed by atoms with Crippen LogP contribution in [0.5, 0.6) is 0 Å². The summed E-state index contributed by atoms with van der Waals surface area (Å²) in [5, 5.41) is 0. The first kappa shape index (κ1) is 17.7. The number of hydrogen-bond acceptors (Lipinski definition) is 4. The highest BCUT2D eigenvalue weighted by molar-refractivity contribution is 4.74. The van der Waals surface area contributed by atoms with Crippen molar-refractivity contribution in [3.8, 4) is 0 Å². The molecule has 134 valence electrons. The number of hydrogen-bond donors (Lipinski definition) is 0. The van der Waals surface area contributed by atoms with E-state index < -0.39 is 0 Å². The fraction of sp³-hybridized carbons (Fsp3) is 1.00. The van der Waals surface area contributed by atoms with E-state index in [-0.39, 0.29) is 0 Å². The predicted octanol–water partition coefficient (Wildman–Crippen LogP) is 1.97. The molecule has 3 heterocycles. The molecular weight excluding hydrogens is 284 g/mol. The lowest BCUT2D eigenvalue weighted by Crippen LogP contribution is -2.40. The van der Waals surface area contributed by atoms with E-state index in [1.165, 1.54) is 123 Å². The van der Waals surface area contributed by atoms with E-state index in [0.29, 0.717) is 0 Å². The van der Waals surface area contributed by atoms with Crippen LogP contribution in [-0.2, 0) is 0 Å². The molecule has 0 bridgehead atoms. The maximum absolute atomic E-state index is 2.72. The van der Waals surface area contributed by atoms with E-state index in [9.17, 15) is 0 Å². The lowest BCUT2D eigenvalue weighted by atomic mass is 10.1. The molecule has 0 saturated carbocycles. The molecule has 3 aliphatic heterocycles. The van der Waals surface area contributed by atoms with Gasteiger partial charge < -0.3 is 19.6 Å². The number of nitrogens with zero attached hydrogens (tertiary/aromatic N) is 4. The summed E-state index contributed by atoms with van der Waals surface area (Å²) in [6.45, 7) is 15.8. The van der Waals surface area contributed by atoms with Crippen molar-refractivity contribution < 1.29 is 0 Å². The van der Waals surface area contributed by atoms with Crippen LogP contribution in [0.3, 0.4) is 0 Å². The van der Waals surface area contributed by atoms with Crippen molar-refractivity contribution in [1.82, 2.24) is 19.6 Å². The monoisotopic (exact) mass is 322 g/mol. The van der Waals surface area contributed by atoms with Gasteiger partial charge in [-0.1, -0.05) is 12.8 Å². The molecule has 3 fully saturated rings. The summed E-state index contributed by atoms with van der Waals surface area (Å²) in [6, 6.07) is 0. The molecule has 3 saturated heterocycles. The van der Waals surface area contributed by atoms with Gasteiger partial charge in [-0.25, -0.2) is 0 Å². The Morgan fingerprint density at radius 3 is 1.00 bits per heavy atom. The zero-order valence-corrected chi connectivity index (χ0v) is 15.2. The zero-order valence-electron chi connectivity index (χ0n) is 15.2. The molecule has 4 heteroatoms. The SMILES string of the molecule is C1CCN(CCN2CCCN(CCN3CCCCC3)CC2)CC1. The average molecular weight is 323 g/mol. The number of piperidine rings is 2. The van der Waals surface area contributed by atoms with Crippen molar-refractivity contribution in [1.29, 1.82) is 0 Å². The summed E-state index contributed by atoms with van der Waals surface area (Å²) in [5.41, 5.74) is 0. The first-order valence-corrected chi connectivity index (χ1v) is 10.3. The Balaban J connectivity index is 1.30. The van der Waals surface area contributed by atoms with Crippen molar-refractivity contribution >= 4 is 0 Å². The maximum Gasteiger partial charge on any atom is 0.0110 e. The third-order valence-corrected chi connectivity index (χ3v) is 6.04. The van der Waals surface area contributed by atoms with Crippen LogP contribution in [0.4, 0.5) is 0 Å².